The van der Waals surface area contributed by atoms with Gasteiger partial charge in [0, 0.05) is 17.3 Å². The lowest BCUT2D eigenvalue weighted by Gasteiger charge is -2.13. The second-order valence-electron chi connectivity index (χ2n) is 7.38. The van der Waals surface area contributed by atoms with Crippen LogP contribution in [0.5, 0.6) is 11.6 Å². The Labute approximate surface area is 197 Å². The molecule has 12 heteroatoms. The van der Waals surface area contributed by atoms with Crippen LogP contribution in [0.25, 0.3) is 11.4 Å². The average molecular weight is 488 g/mol. The molecule has 34 heavy (non-hydrogen) atoms. The zero-order chi connectivity index (χ0) is 24.5. The predicted molar refractivity (Wildman–Crippen MR) is 124 cm³/mol. The molecule has 2 aromatic heterocycles. The van der Waals surface area contributed by atoms with E-state index in [1.165, 1.54) is 23.9 Å². The van der Waals surface area contributed by atoms with Gasteiger partial charge in [0.15, 0.2) is 11.0 Å². The Hall–Kier alpha value is -3.80. The van der Waals surface area contributed by atoms with Gasteiger partial charge in [0.1, 0.15) is 11.6 Å². The standard InChI is InChI=1S/C22H20F3N7OS/c1-11-7-13(8-12(2)18(11)33-17-10-16(26)28-21(29-17)34-3)19-30-20(32-31-19)27-15-6-4-5-14(9-15)22(23,24)25/h4-10H,1-3H3,(H2,26,28,29)(H2,27,30,31,32). The third-order valence-electron chi connectivity index (χ3n) is 4.76. The van der Waals surface area contributed by atoms with Crippen molar-refractivity contribution in [3.63, 3.8) is 0 Å². The zero-order valence-corrected chi connectivity index (χ0v) is 19.2. The molecule has 0 aliphatic heterocycles. The molecule has 2 aromatic carbocycles. The Morgan fingerprint density at radius 2 is 1.76 bits per heavy atom. The van der Waals surface area contributed by atoms with Gasteiger partial charge in [-0.15, -0.1) is 10.2 Å². The number of aryl methyl sites for hydroxylation is 2. The second-order valence-corrected chi connectivity index (χ2v) is 8.16. The highest BCUT2D eigenvalue weighted by molar-refractivity contribution is 7.98. The predicted octanol–water partition coefficient (Wildman–Crippen LogP) is 5.74. The highest BCUT2D eigenvalue weighted by Gasteiger charge is 2.30. The first kappa shape index (κ1) is 23.4. The van der Waals surface area contributed by atoms with Crippen LogP contribution in [0.4, 0.5) is 30.6 Å². The van der Waals surface area contributed by atoms with Crippen LogP contribution >= 0.6 is 11.8 Å². The Kier molecular flexibility index (Phi) is 6.33. The van der Waals surface area contributed by atoms with E-state index in [4.69, 9.17) is 10.5 Å². The lowest BCUT2D eigenvalue weighted by Crippen LogP contribution is -2.05. The monoisotopic (exact) mass is 487 g/mol. The van der Waals surface area contributed by atoms with Gasteiger partial charge >= 0.3 is 6.18 Å². The van der Waals surface area contributed by atoms with Crippen molar-refractivity contribution >= 4 is 29.2 Å². The van der Waals surface area contributed by atoms with Crippen LogP contribution in [-0.4, -0.2) is 31.4 Å². The zero-order valence-electron chi connectivity index (χ0n) is 18.4. The molecule has 0 bridgehead atoms. The number of H-pyrrole nitrogens is 1. The molecule has 176 valence electrons. The van der Waals surface area contributed by atoms with Gasteiger partial charge in [0.25, 0.3) is 0 Å². The van der Waals surface area contributed by atoms with Crippen LogP contribution in [0.15, 0.2) is 47.6 Å². The maximum atomic E-state index is 12.9. The Balaban J connectivity index is 1.56. The maximum Gasteiger partial charge on any atom is 0.416 e. The molecule has 8 nitrogen and oxygen atoms in total. The minimum absolute atomic E-state index is 0.214. The van der Waals surface area contributed by atoms with Crippen molar-refractivity contribution < 1.29 is 17.9 Å². The van der Waals surface area contributed by atoms with E-state index in [0.29, 0.717) is 28.4 Å². The molecule has 4 N–H and O–H groups in total. The number of nitrogens with one attached hydrogen (secondary N) is 2. The molecule has 0 saturated carbocycles. The fraction of sp³-hybridized carbons (Fsp3) is 0.182. The summed E-state index contributed by atoms with van der Waals surface area (Å²) in [4.78, 5) is 11.4. The van der Waals surface area contributed by atoms with Crippen LogP contribution in [0.1, 0.15) is 16.7 Å². The number of anilines is 3. The molecule has 0 unspecified atom stereocenters. The topological polar surface area (TPSA) is 115 Å². The van der Waals surface area contributed by atoms with Gasteiger partial charge < -0.3 is 20.8 Å². The van der Waals surface area contributed by atoms with Crippen molar-refractivity contribution in [3.05, 3.63) is 59.2 Å². The molecule has 0 radical (unpaired) electrons. The molecule has 4 rings (SSSR count). The summed E-state index contributed by atoms with van der Waals surface area (Å²) in [6.45, 7) is 3.76. The molecule has 4 aromatic rings. The van der Waals surface area contributed by atoms with Crippen molar-refractivity contribution in [2.24, 2.45) is 0 Å². The van der Waals surface area contributed by atoms with Crippen molar-refractivity contribution in [2.45, 2.75) is 25.2 Å². The maximum absolute atomic E-state index is 12.9. The van der Waals surface area contributed by atoms with E-state index in [-0.39, 0.29) is 11.6 Å². The molecule has 0 spiro atoms. The van der Waals surface area contributed by atoms with Gasteiger partial charge in [-0.3, -0.25) is 0 Å². The SMILES string of the molecule is CSc1nc(N)cc(Oc2c(C)cc(-c3nnc(Nc4cccc(C(F)(F)F)c4)[nH]3)cc2C)n1. The highest BCUT2D eigenvalue weighted by Crippen LogP contribution is 2.34. The summed E-state index contributed by atoms with van der Waals surface area (Å²) in [5.74, 6) is 1.93. The van der Waals surface area contributed by atoms with Gasteiger partial charge in [0.05, 0.1) is 5.56 Å². The van der Waals surface area contributed by atoms with E-state index in [9.17, 15) is 13.2 Å². The molecule has 0 atom stereocenters. The molecular weight excluding hydrogens is 467 g/mol. The molecular formula is C22H20F3N7OS. The van der Waals surface area contributed by atoms with Crippen molar-refractivity contribution in [1.82, 2.24) is 25.1 Å². The first-order valence-electron chi connectivity index (χ1n) is 9.97. The average Bonchev–Trinajstić information content (AvgIpc) is 3.24. The van der Waals surface area contributed by atoms with Gasteiger partial charge in [-0.25, -0.2) is 4.98 Å². The molecule has 0 aliphatic rings. The lowest BCUT2D eigenvalue weighted by molar-refractivity contribution is -0.137. The molecule has 0 fully saturated rings. The summed E-state index contributed by atoms with van der Waals surface area (Å²) in [6.07, 6.45) is -2.59. The molecule has 0 aliphatic carbocycles. The number of halogens is 3. The van der Waals surface area contributed by atoms with Crippen LogP contribution in [0.3, 0.4) is 0 Å². The van der Waals surface area contributed by atoms with E-state index < -0.39 is 11.7 Å². The summed E-state index contributed by atoms with van der Waals surface area (Å²) in [6, 6.07) is 10.1. The lowest BCUT2D eigenvalue weighted by atomic mass is 10.1. The smallest absolute Gasteiger partial charge is 0.416 e. The van der Waals surface area contributed by atoms with Gasteiger partial charge in [-0.1, -0.05) is 17.8 Å². The van der Waals surface area contributed by atoms with E-state index in [0.717, 1.165) is 28.8 Å². The normalized spacial score (nSPS) is 11.5. The number of nitrogens with two attached hydrogens (primary N) is 1. The number of alkyl halides is 3. The van der Waals surface area contributed by atoms with Gasteiger partial charge in [-0.2, -0.15) is 18.2 Å². The van der Waals surface area contributed by atoms with Crippen molar-refractivity contribution in [2.75, 3.05) is 17.3 Å². The fourth-order valence-corrected chi connectivity index (χ4v) is 3.65. The summed E-state index contributed by atoms with van der Waals surface area (Å²) < 4.78 is 44.8. The quantitative estimate of drug-likeness (QED) is 0.233. The minimum Gasteiger partial charge on any atom is -0.438 e. The number of ether oxygens (including phenoxy) is 1. The number of nitrogen functional groups attached to an aromatic ring is 1. The summed E-state index contributed by atoms with van der Waals surface area (Å²) >= 11 is 1.36. The molecule has 0 amide bonds. The summed E-state index contributed by atoms with van der Waals surface area (Å²) in [5, 5.41) is 11.4. The van der Waals surface area contributed by atoms with Crippen LogP contribution in [0, 0.1) is 13.8 Å². The van der Waals surface area contributed by atoms with E-state index in [1.54, 1.807) is 6.07 Å². The molecule has 2 heterocycles. The third kappa shape index (κ3) is 5.22. The number of hydrogen-bond donors (Lipinski definition) is 3. The van der Waals surface area contributed by atoms with Crippen LogP contribution in [0.2, 0.25) is 0 Å². The first-order chi connectivity index (χ1) is 16.1. The fourth-order valence-electron chi connectivity index (χ4n) is 3.28. The van der Waals surface area contributed by atoms with Gasteiger partial charge in [-0.05, 0) is 61.6 Å². The minimum atomic E-state index is -4.43. The largest absolute Gasteiger partial charge is 0.438 e. The Bertz CT molecular complexity index is 1320. The number of thioether (sulfide) groups is 1. The third-order valence-corrected chi connectivity index (χ3v) is 5.31. The number of aromatic amines is 1. The van der Waals surface area contributed by atoms with E-state index >= 15 is 0 Å². The number of aromatic nitrogens is 5. The first-order valence-corrected chi connectivity index (χ1v) is 11.2. The van der Waals surface area contributed by atoms with Crippen LogP contribution in [-0.2, 0) is 6.18 Å². The van der Waals surface area contributed by atoms with Crippen molar-refractivity contribution in [3.8, 4) is 23.0 Å². The summed E-state index contributed by atoms with van der Waals surface area (Å²) in [5.41, 5.74) is 7.69. The van der Waals surface area contributed by atoms with E-state index in [2.05, 4.69) is 30.5 Å². The number of hydrogen-bond acceptors (Lipinski definition) is 8. The van der Waals surface area contributed by atoms with E-state index in [1.807, 2.05) is 32.2 Å². The summed E-state index contributed by atoms with van der Waals surface area (Å²) in [7, 11) is 0. The Morgan fingerprint density at radius 3 is 2.44 bits per heavy atom. The highest BCUT2D eigenvalue weighted by atomic mass is 32.2. The Morgan fingerprint density at radius 1 is 1.03 bits per heavy atom. The number of rotatable bonds is 6. The van der Waals surface area contributed by atoms with Crippen molar-refractivity contribution in [1.29, 1.82) is 0 Å². The number of benzene rings is 2. The number of nitrogens with zero attached hydrogens (tertiary/aromatic N) is 4. The van der Waals surface area contributed by atoms with Crippen LogP contribution < -0.4 is 15.8 Å². The molecule has 0 saturated heterocycles. The second kappa shape index (κ2) is 9.21. The van der Waals surface area contributed by atoms with Gasteiger partial charge in [0.2, 0.25) is 11.8 Å².